The number of carbonyl (C=O) groups excluding carboxylic acids is 1. The van der Waals surface area contributed by atoms with Crippen molar-refractivity contribution in [1.82, 2.24) is 9.80 Å². The molecule has 0 bridgehead atoms. The number of carbonyl (C=O) groups is 1. The van der Waals surface area contributed by atoms with Gasteiger partial charge < -0.3 is 19.9 Å². The van der Waals surface area contributed by atoms with Gasteiger partial charge in [-0.15, -0.1) is 0 Å². The smallest absolute Gasteiger partial charge is 0.321 e. The van der Waals surface area contributed by atoms with Crippen molar-refractivity contribution in [2.24, 2.45) is 5.92 Å². The molecule has 1 aliphatic heterocycles. The standard InChI is InChI=1S/C19H29N3O2/c1-21-11-5-6-14(12-21)13-22(2)19(23)20-18-16-8-4-7-15(16)9-10-17(18)24-3/h9-10,14H,4-8,11-13H2,1-3H3,(H,20,23). The largest absolute Gasteiger partial charge is 0.495 e. The number of hydrogen-bond acceptors (Lipinski definition) is 3. The van der Waals surface area contributed by atoms with Gasteiger partial charge in [0.15, 0.2) is 0 Å². The number of nitrogens with one attached hydrogen (secondary N) is 1. The molecule has 5 heteroatoms. The molecule has 0 radical (unpaired) electrons. The molecule has 1 saturated heterocycles. The second-order valence-electron chi connectivity index (χ2n) is 7.22. The fraction of sp³-hybridized carbons (Fsp3) is 0.632. The number of aryl methyl sites for hydroxylation is 1. The molecule has 2 aliphatic rings. The molecular formula is C19H29N3O2. The molecule has 1 aromatic rings. The van der Waals surface area contributed by atoms with Crippen molar-refractivity contribution < 1.29 is 9.53 Å². The van der Waals surface area contributed by atoms with Crippen molar-refractivity contribution in [2.45, 2.75) is 32.1 Å². The van der Waals surface area contributed by atoms with E-state index in [2.05, 4.69) is 23.3 Å². The number of amides is 2. The normalized spacial score (nSPS) is 20.5. The average molecular weight is 331 g/mol. The summed E-state index contributed by atoms with van der Waals surface area (Å²) in [6.07, 6.45) is 5.67. The number of hydrogen-bond donors (Lipinski definition) is 1. The number of ether oxygens (including phenoxy) is 1. The van der Waals surface area contributed by atoms with E-state index >= 15 is 0 Å². The molecule has 1 atom stereocenters. The van der Waals surface area contributed by atoms with E-state index in [4.69, 9.17) is 4.74 Å². The van der Waals surface area contributed by atoms with Crippen LogP contribution in [-0.2, 0) is 12.8 Å². The van der Waals surface area contributed by atoms with Crippen molar-refractivity contribution in [1.29, 1.82) is 0 Å². The van der Waals surface area contributed by atoms with E-state index in [1.165, 1.54) is 30.5 Å². The molecule has 132 valence electrons. The number of piperidine rings is 1. The highest BCUT2D eigenvalue weighted by molar-refractivity contribution is 5.92. The van der Waals surface area contributed by atoms with Gasteiger partial charge in [0.05, 0.1) is 12.8 Å². The lowest BCUT2D eigenvalue weighted by atomic mass is 9.98. The minimum Gasteiger partial charge on any atom is -0.495 e. The van der Waals surface area contributed by atoms with Gasteiger partial charge in [0, 0.05) is 20.1 Å². The Kier molecular flexibility index (Phi) is 5.29. The third-order valence-corrected chi connectivity index (χ3v) is 5.30. The van der Waals surface area contributed by atoms with Gasteiger partial charge >= 0.3 is 6.03 Å². The summed E-state index contributed by atoms with van der Waals surface area (Å²) >= 11 is 0. The lowest BCUT2D eigenvalue weighted by Crippen LogP contribution is -2.41. The van der Waals surface area contributed by atoms with Gasteiger partial charge in [-0.25, -0.2) is 4.79 Å². The number of methoxy groups -OCH3 is 1. The fourth-order valence-electron chi connectivity index (χ4n) is 4.05. The molecule has 3 rings (SSSR count). The molecular weight excluding hydrogens is 302 g/mol. The van der Waals surface area contributed by atoms with E-state index in [-0.39, 0.29) is 6.03 Å². The molecule has 1 unspecified atom stereocenters. The summed E-state index contributed by atoms with van der Waals surface area (Å²) in [4.78, 5) is 16.9. The Morgan fingerprint density at radius 3 is 2.96 bits per heavy atom. The van der Waals surface area contributed by atoms with E-state index < -0.39 is 0 Å². The molecule has 1 fully saturated rings. The molecule has 0 saturated carbocycles. The summed E-state index contributed by atoms with van der Waals surface area (Å²) < 4.78 is 5.48. The van der Waals surface area contributed by atoms with Crippen LogP contribution < -0.4 is 10.1 Å². The molecule has 0 spiro atoms. The van der Waals surface area contributed by atoms with E-state index in [1.54, 1.807) is 7.11 Å². The summed E-state index contributed by atoms with van der Waals surface area (Å²) in [6, 6.07) is 4.05. The first kappa shape index (κ1) is 17.1. The number of anilines is 1. The van der Waals surface area contributed by atoms with Gasteiger partial charge in [-0.1, -0.05) is 6.07 Å². The number of rotatable bonds is 4. The van der Waals surface area contributed by atoms with Crippen molar-refractivity contribution >= 4 is 11.7 Å². The minimum atomic E-state index is -0.0400. The molecule has 5 nitrogen and oxygen atoms in total. The Bertz CT molecular complexity index is 603. The highest BCUT2D eigenvalue weighted by atomic mass is 16.5. The maximum absolute atomic E-state index is 12.7. The molecule has 24 heavy (non-hydrogen) atoms. The third-order valence-electron chi connectivity index (χ3n) is 5.30. The van der Waals surface area contributed by atoms with Gasteiger partial charge in [0.2, 0.25) is 0 Å². The Morgan fingerprint density at radius 2 is 2.21 bits per heavy atom. The monoisotopic (exact) mass is 331 g/mol. The van der Waals surface area contributed by atoms with Crippen LogP contribution in [0.3, 0.4) is 0 Å². The zero-order valence-corrected chi connectivity index (χ0v) is 15.1. The molecule has 1 aliphatic carbocycles. The van der Waals surface area contributed by atoms with Crippen LogP contribution in [0.2, 0.25) is 0 Å². The Morgan fingerprint density at radius 1 is 1.38 bits per heavy atom. The Hall–Kier alpha value is -1.75. The van der Waals surface area contributed by atoms with E-state index in [1.807, 2.05) is 18.0 Å². The first-order valence-corrected chi connectivity index (χ1v) is 8.98. The van der Waals surface area contributed by atoms with Crippen LogP contribution in [0.5, 0.6) is 5.75 Å². The van der Waals surface area contributed by atoms with Crippen LogP contribution in [0.15, 0.2) is 12.1 Å². The van der Waals surface area contributed by atoms with Gasteiger partial charge in [-0.05, 0) is 68.8 Å². The van der Waals surface area contributed by atoms with E-state index in [0.29, 0.717) is 5.92 Å². The molecule has 0 aromatic heterocycles. The molecule has 2 amide bonds. The first-order valence-electron chi connectivity index (χ1n) is 8.98. The second-order valence-corrected chi connectivity index (χ2v) is 7.22. The van der Waals surface area contributed by atoms with Gasteiger partial charge in [0.1, 0.15) is 5.75 Å². The van der Waals surface area contributed by atoms with Crippen molar-refractivity contribution in [2.75, 3.05) is 46.2 Å². The van der Waals surface area contributed by atoms with Crippen LogP contribution in [0.4, 0.5) is 10.5 Å². The van der Waals surface area contributed by atoms with Crippen LogP contribution >= 0.6 is 0 Å². The zero-order valence-electron chi connectivity index (χ0n) is 15.1. The minimum absolute atomic E-state index is 0.0400. The van der Waals surface area contributed by atoms with E-state index in [0.717, 1.165) is 43.8 Å². The number of likely N-dealkylation sites (tertiary alicyclic amines) is 1. The summed E-state index contributed by atoms with van der Waals surface area (Å²) in [6.45, 7) is 3.04. The quantitative estimate of drug-likeness (QED) is 0.922. The predicted molar refractivity (Wildman–Crippen MR) is 96.9 cm³/mol. The lowest BCUT2D eigenvalue weighted by molar-refractivity contribution is 0.170. The van der Waals surface area contributed by atoms with Crippen molar-refractivity contribution in [3.8, 4) is 5.75 Å². The van der Waals surface area contributed by atoms with Crippen molar-refractivity contribution in [3.05, 3.63) is 23.3 Å². The summed E-state index contributed by atoms with van der Waals surface area (Å²) in [5.41, 5.74) is 3.45. The third kappa shape index (κ3) is 3.66. The second kappa shape index (κ2) is 7.43. The summed E-state index contributed by atoms with van der Waals surface area (Å²) in [5, 5.41) is 3.11. The maximum Gasteiger partial charge on any atom is 0.321 e. The number of benzene rings is 1. The van der Waals surface area contributed by atoms with Crippen molar-refractivity contribution in [3.63, 3.8) is 0 Å². The first-order chi connectivity index (χ1) is 11.6. The van der Waals surface area contributed by atoms with Crippen LogP contribution in [0, 0.1) is 5.92 Å². The fourth-order valence-corrected chi connectivity index (χ4v) is 4.05. The Labute approximate surface area is 145 Å². The maximum atomic E-state index is 12.7. The van der Waals surface area contributed by atoms with Gasteiger partial charge in [0.25, 0.3) is 0 Å². The zero-order chi connectivity index (χ0) is 17.1. The number of urea groups is 1. The van der Waals surface area contributed by atoms with Gasteiger partial charge in [-0.3, -0.25) is 0 Å². The Balaban J connectivity index is 1.67. The average Bonchev–Trinajstić information content (AvgIpc) is 3.04. The van der Waals surface area contributed by atoms with E-state index in [9.17, 15) is 4.79 Å². The topological polar surface area (TPSA) is 44.8 Å². The lowest BCUT2D eigenvalue weighted by Gasteiger charge is -2.32. The molecule has 1 N–H and O–H groups in total. The van der Waals surface area contributed by atoms with Crippen LogP contribution in [-0.4, -0.2) is 56.7 Å². The number of nitrogens with zero attached hydrogens (tertiary/aromatic N) is 2. The highest BCUT2D eigenvalue weighted by Gasteiger charge is 2.24. The predicted octanol–water partition coefficient (Wildman–Crippen LogP) is 2.99. The summed E-state index contributed by atoms with van der Waals surface area (Å²) in [5.74, 6) is 1.32. The SMILES string of the molecule is COc1ccc2c(c1NC(=O)N(C)CC1CCCN(C)C1)CCC2. The molecule has 1 aromatic carbocycles. The number of fused-ring (bicyclic) bond motifs is 1. The summed E-state index contributed by atoms with van der Waals surface area (Å²) in [7, 11) is 5.71. The molecule has 1 heterocycles. The van der Waals surface area contributed by atoms with Gasteiger partial charge in [-0.2, -0.15) is 0 Å². The highest BCUT2D eigenvalue weighted by Crippen LogP contribution is 2.36. The van der Waals surface area contributed by atoms with Crippen LogP contribution in [0.25, 0.3) is 0 Å². The van der Waals surface area contributed by atoms with Crippen LogP contribution in [0.1, 0.15) is 30.4 Å².